The van der Waals surface area contributed by atoms with E-state index in [-0.39, 0.29) is 55.0 Å². The van der Waals surface area contributed by atoms with Gasteiger partial charge in [-0.25, -0.2) is 4.98 Å². The minimum absolute atomic E-state index is 0.0288. The number of nitrogens with one attached hydrogen (secondary N) is 2. The van der Waals surface area contributed by atoms with Gasteiger partial charge in [0.25, 0.3) is 5.56 Å². The largest absolute Gasteiger partial charge is 0.697 e. The number of ether oxygens (including phenoxy) is 4. The van der Waals surface area contributed by atoms with Gasteiger partial charge in [0.1, 0.15) is 42.1 Å². The second-order valence-corrected chi connectivity index (χ2v) is 13.6. The summed E-state index contributed by atoms with van der Waals surface area (Å²) >= 11 is 0. The molecule has 54 heavy (non-hydrogen) atoms. The third-order valence-corrected chi connectivity index (χ3v) is 9.79. The Balaban J connectivity index is 1.39. The standard InChI is InChI=1S/C38H39N6O9P/c1-24(2)35(45)42-37-41-34-33(36(46)43-37)40-23-44(34)32-21-30(53-54(47)51-20-8-19-39)31(52-32)22-50-38(25-9-6-5-7-10-25,26-11-15-28(48-3)16-12-26)27-13-17-29(49-4)18-14-27/h5-7,9-18,23-24,30-32H,8,20-22H2,1-4H3,(H-,41,42,43,45,46)/p+1/t30-,31+,32+/m0/s1. The number of amides is 1. The van der Waals surface area contributed by atoms with Crippen molar-refractivity contribution in [3.63, 3.8) is 0 Å². The Labute approximate surface area is 312 Å². The van der Waals surface area contributed by atoms with E-state index in [0.29, 0.717) is 11.5 Å². The molecule has 1 saturated heterocycles. The van der Waals surface area contributed by atoms with Crippen LogP contribution in [0.3, 0.4) is 0 Å². The Kier molecular flexibility index (Phi) is 12.1. The maximum Gasteiger partial charge on any atom is 0.697 e. The highest BCUT2D eigenvalue weighted by Crippen LogP contribution is 2.44. The number of benzene rings is 3. The first-order valence-corrected chi connectivity index (χ1v) is 18.3. The van der Waals surface area contributed by atoms with Crippen LogP contribution < -0.4 is 20.3 Å². The van der Waals surface area contributed by atoms with E-state index in [2.05, 4.69) is 20.3 Å². The fourth-order valence-electron chi connectivity index (χ4n) is 6.18. The molecule has 4 atom stereocenters. The van der Waals surface area contributed by atoms with E-state index in [9.17, 15) is 14.2 Å². The Hall–Kier alpha value is -5.49. The van der Waals surface area contributed by atoms with E-state index >= 15 is 0 Å². The summed E-state index contributed by atoms with van der Waals surface area (Å²) in [4.78, 5) is 36.7. The van der Waals surface area contributed by atoms with Crippen molar-refractivity contribution in [3.05, 3.63) is 112 Å². The molecule has 1 unspecified atom stereocenters. The molecule has 0 bridgehead atoms. The Morgan fingerprint density at radius 1 is 1.04 bits per heavy atom. The second kappa shape index (κ2) is 17.1. The van der Waals surface area contributed by atoms with Crippen molar-refractivity contribution in [3.8, 4) is 17.6 Å². The van der Waals surface area contributed by atoms with Gasteiger partial charge in [0, 0.05) is 16.9 Å². The molecular weight excluding hydrogens is 715 g/mol. The van der Waals surface area contributed by atoms with Crippen molar-refractivity contribution in [2.45, 2.75) is 50.7 Å². The van der Waals surface area contributed by atoms with Gasteiger partial charge in [0.2, 0.25) is 11.9 Å². The van der Waals surface area contributed by atoms with Crippen LogP contribution in [0.4, 0.5) is 5.95 Å². The molecule has 2 N–H and O–H groups in total. The minimum Gasteiger partial charge on any atom is -0.497 e. The van der Waals surface area contributed by atoms with E-state index in [0.717, 1.165) is 16.7 Å². The number of nitrogens with zero attached hydrogens (tertiary/aromatic N) is 4. The van der Waals surface area contributed by atoms with Gasteiger partial charge in [-0.15, -0.1) is 9.05 Å². The van der Waals surface area contributed by atoms with Crippen molar-refractivity contribution < 1.29 is 37.4 Å². The zero-order chi connectivity index (χ0) is 38.2. The van der Waals surface area contributed by atoms with E-state index in [1.165, 1.54) is 6.33 Å². The van der Waals surface area contributed by atoms with Crippen LogP contribution in [0.2, 0.25) is 0 Å². The quantitative estimate of drug-likeness (QED) is 0.0680. The number of carbonyl (C=O) groups excluding carboxylic acids is 1. The molecule has 3 aromatic carbocycles. The number of aromatic nitrogens is 4. The SMILES string of the molecule is COc1ccc(C(OC[C@H]2O[C@@H](n3cnc4c(=O)[nH]c(NC(=O)C(C)C)nc43)C[C@@H]2O[P+](=O)OCCC#N)(c2ccccc2)c2ccc(OC)cc2)cc1. The molecule has 1 amide bonds. The van der Waals surface area contributed by atoms with E-state index in [1.807, 2.05) is 84.9 Å². The van der Waals surface area contributed by atoms with E-state index < -0.39 is 37.9 Å². The van der Waals surface area contributed by atoms with Crippen molar-refractivity contribution in [2.75, 3.05) is 32.8 Å². The molecule has 5 aromatic rings. The fourth-order valence-corrected chi connectivity index (χ4v) is 6.92. The van der Waals surface area contributed by atoms with Gasteiger partial charge in [0.15, 0.2) is 11.2 Å². The lowest BCUT2D eigenvalue weighted by Gasteiger charge is -2.37. The van der Waals surface area contributed by atoms with Crippen LogP contribution >= 0.6 is 8.25 Å². The van der Waals surface area contributed by atoms with E-state index in [4.69, 9.17) is 33.3 Å². The van der Waals surface area contributed by atoms with Crippen LogP contribution in [0.15, 0.2) is 90.0 Å². The average molecular weight is 756 g/mol. The van der Waals surface area contributed by atoms with Crippen LogP contribution in [0, 0.1) is 17.2 Å². The first kappa shape index (κ1) is 38.2. The molecule has 1 aliphatic rings. The van der Waals surface area contributed by atoms with Crippen LogP contribution in [-0.4, -0.2) is 65.1 Å². The molecule has 2 aromatic heterocycles. The monoisotopic (exact) mass is 755 g/mol. The summed E-state index contributed by atoms with van der Waals surface area (Å²) in [6, 6.07) is 26.8. The number of nitriles is 1. The number of rotatable bonds is 16. The molecule has 0 aliphatic carbocycles. The number of hydrogen-bond donors (Lipinski definition) is 2. The lowest BCUT2D eigenvalue weighted by atomic mass is 9.80. The Morgan fingerprint density at radius 2 is 1.67 bits per heavy atom. The molecule has 0 spiro atoms. The summed E-state index contributed by atoms with van der Waals surface area (Å²) in [5, 5.41) is 11.6. The van der Waals surface area contributed by atoms with Crippen molar-refractivity contribution in [2.24, 2.45) is 5.92 Å². The molecule has 15 nitrogen and oxygen atoms in total. The predicted molar refractivity (Wildman–Crippen MR) is 197 cm³/mol. The molecule has 3 heterocycles. The molecule has 1 fully saturated rings. The van der Waals surface area contributed by atoms with Gasteiger partial charge in [-0.3, -0.25) is 24.5 Å². The summed E-state index contributed by atoms with van der Waals surface area (Å²) in [5.74, 6) is 0.598. The van der Waals surface area contributed by atoms with Crippen molar-refractivity contribution in [1.29, 1.82) is 5.26 Å². The second-order valence-electron chi connectivity index (χ2n) is 12.7. The lowest BCUT2D eigenvalue weighted by molar-refractivity contribution is -0.118. The van der Waals surface area contributed by atoms with Crippen molar-refractivity contribution >= 4 is 31.3 Å². The number of imidazole rings is 1. The number of fused-ring (bicyclic) bond motifs is 1. The average Bonchev–Trinajstić information content (AvgIpc) is 3.80. The van der Waals surface area contributed by atoms with Gasteiger partial charge < -0.3 is 18.9 Å². The molecular formula is C38H40N6O9P+. The van der Waals surface area contributed by atoms with Gasteiger partial charge in [-0.2, -0.15) is 10.2 Å². The first-order chi connectivity index (χ1) is 26.2. The Morgan fingerprint density at radius 3 is 2.26 bits per heavy atom. The fraction of sp³-hybridized carbons (Fsp3) is 0.342. The van der Waals surface area contributed by atoms with Gasteiger partial charge in [-0.05, 0) is 41.0 Å². The molecule has 0 saturated carbocycles. The highest BCUT2D eigenvalue weighted by atomic mass is 31.1. The highest BCUT2D eigenvalue weighted by molar-refractivity contribution is 7.33. The number of hydrogen-bond acceptors (Lipinski definition) is 12. The third-order valence-electron chi connectivity index (χ3n) is 8.96. The summed E-state index contributed by atoms with van der Waals surface area (Å²) in [6.45, 7) is 3.27. The third kappa shape index (κ3) is 8.18. The summed E-state index contributed by atoms with van der Waals surface area (Å²) in [5.41, 5.74) is 0.842. The first-order valence-electron chi connectivity index (χ1n) is 17.2. The smallest absolute Gasteiger partial charge is 0.497 e. The van der Waals surface area contributed by atoms with Gasteiger partial charge in [0.05, 0.1) is 39.6 Å². The highest BCUT2D eigenvalue weighted by Gasteiger charge is 2.46. The summed E-state index contributed by atoms with van der Waals surface area (Å²) < 4.78 is 50.4. The van der Waals surface area contributed by atoms with Crippen LogP contribution in [-0.2, 0) is 33.5 Å². The number of aromatic amines is 1. The molecule has 280 valence electrons. The van der Waals surface area contributed by atoms with E-state index in [1.54, 1.807) is 32.6 Å². The zero-order valence-electron chi connectivity index (χ0n) is 30.1. The van der Waals surface area contributed by atoms with Crippen LogP contribution in [0.5, 0.6) is 11.5 Å². The summed E-state index contributed by atoms with van der Waals surface area (Å²) in [7, 11) is 0.538. The molecule has 1 aliphatic heterocycles. The molecule has 6 rings (SSSR count). The maximum atomic E-state index is 13.0. The molecule has 16 heteroatoms. The van der Waals surface area contributed by atoms with Crippen molar-refractivity contribution in [1.82, 2.24) is 19.5 Å². The lowest BCUT2D eigenvalue weighted by Crippen LogP contribution is -2.38. The van der Waals surface area contributed by atoms with Crippen LogP contribution in [0.1, 0.15) is 49.6 Å². The number of anilines is 1. The number of carbonyl (C=O) groups is 1. The topological polar surface area (TPSA) is 189 Å². The normalized spacial score (nSPS) is 17.3. The predicted octanol–water partition coefficient (Wildman–Crippen LogP) is 6.00. The van der Waals surface area contributed by atoms with Crippen LogP contribution in [0.25, 0.3) is 11.2 Å². The minimum atomic E-state index is -2.66. The number of H-pyrrole nitrogens is 1. The molecule has 0 radical (unpaired) electrons. The zero-order valence-corrected chi connectivity index (χ0v) is 31.0. The summed E-state index contributed by atoms with van der Waals surface area (Å²) in [6.07, 6.45) is -0.923. The number of methoxy groups -OCH3 is 2. The van der Waals surface area contributed by atoms with Gasteiger partial charge in [-0.1, -0.05) is 68.4 Å². The maximum absolute atomic E-state index is 13.0. The van der Waals surface area contributed by atoms with Gasteiger partial charge >= 0.3 is 8.25 Å². The Bertz CT molecular complexity index is 2120.